The SMILES string of the molecule is N#C[C@H]1CCC[C@H]1COP. The fourth-order valence-corrected chi connectivity index (χ4v) is 1.78. The summed E-state index contributed by atoms with van der Waals surface area (Å²) in [6, 6.07) is 2.31. The van der Waals surface area contributed by atoms with E-state index in [1.807, 2.05) is 0 Å². The Balaban J connectivity index is 2.36. The van der Waals surface area contributed by atoms with Crippen molar-refractivity contribution in [2.24, 2.45) is 11.8 Å². The topological polar surface area (TPSA) is 33.0 Å². The van der Waals surface area contributed by atoms with Crippen molar-refractivity contribution in [2.75, 3.05) is 6.61 Å². The van der Waals surface area contributed by atoms with Crippen LogP contribution < -0.4 is 0 Å². The molecule has 0 saturated heterocycles. The average molecular weight is 157 g/mol. The molecule has 0 amide bonds. The smallest absolute Gasteiger partial charge is 0.0659 e. The van der Waals surface area contributed by atoms with E-state index in [4.69, 9.17) is 9.79 Å². The molecule has 56 valence electrons. The molecule has 0 N–H and O–H groups in total. The summed E-state index contributed by atoms with van der Waals surface area (Å²) in [5.41, 5.74) is 0. The van der Waals surface area contributed by atoms with E-state index < -0.39 is 0 Å². The van der Waals surface area contributed by atoms with Crippen LogP contribution in [0, 0.1) is 23.2 Å². The van der Waals surface area contributed by atoms with Crippen LogP contribution in [0.3, 0.4) is 0 Å². The van der Waals surface area contributed by atoms with Gasteiger partial charge >= 0.3 is 0 Å². The van der Waals surface area contributed by atoms with Crippen molar-refractivity contribution >= 4 is 9.47 Å². The predicted octanol–water partition coefficient (Wildman–Crippen LogP) is 1.73. The van der Waals surface area contributed by atoms with Gasteiger partial charge in [-0.3, -0.25) is 0 Å². The molecule has 0 aliphatic heterocycles. The van der Waals surface area contributed by atoms with Crippen LogP contribution in [-0.4, -0.2) is 6.61 Å². The minimum absolute atomic E-state index is 0.251. The molecule has 1 unspecified atom stereocenters. The summed E-state index contributed by atoms with van der Waals surface area (Å²) in [4.78, 5) is 0. The highest BCUT2D eigenvalue weighted by molar-refractivity contribution is 7.09. The van der Waals surface area contributed by atoms with Gasteiger partial charge in [-0.25, -0.2) is 0 Å². The Morgan fingerprint density at radius 1 is 1.60 bits per heavy atom. The monoisotopic (exact) mass is 157 g/mol. The number of nitriles is 1. The van der Waals surface area contributed by atoms with E-state index in [1.165, 1.54) is 6.42 Å². The Kier molecular flexibility index (Phi) is 3.12. The zero-order valence-corrected chi connectivity index (χ0v) is 7.07. The van der Waals surface area contributed by atoms with E-state index in [-0.39, 0.29) is 5.92 Å². The second kappa shape index (κ2) is 3.91. The van der Waals surface area contributed by atoms with Crippen molar-refractivity contribution in [1.29, 1.82) is 5.26 Å². The lowest BCUT2D eigenvalue weighted by Gasteiger charge is -2.10. The third-order valence-corrected chi connectivity index (χ3v) is 2.33. The second-order valence-electron chi connectivity index (χ2n) is 2.76. The Bertz CT molecular complexity index is 143. The van der Waals surface area contributed by atoms with Gasteiger partial charge in [0.15, 0.2) is 0 Å². The van der Waals surface area contributed by atoms with Crippen molar-refractivity contribution in [2.45, 2.75) is 19.3 Å². The van der Waals surface area contributed by atoms with Gasteiger partial charge in [-0.2, -0.15) is 5.26 Å². The van der Waals surface area contributed by atoms with E-state index in [1.54, 1.807) is 0 Å². The summed E-state index contributed by atoms with van der Waals surface area (Å²) >= 11 is 0. The Morgan fingerprint density at radius 3 is 3.00 bits per heavy atom. The van der Waals surface area contributed by atoms with Crippen LogP contribution in [0.5, 0.6) is 0 Å². The molecule has 1 aliphatic carbocycles. The van der Waals surface area contributed by atoms with Gasteiger partial charge in [0.25, 0.3) is 0 Å². The lowest BCUT2D eigenvalue weighted by atomic mass is 9.99. The van der Waals surface area contributed by atoms with Crippen LogP contribution in [0.1, 0.15) is 19.3 Å². The molecular formula is C7H12NOP. The number of hydrogen-bond acceptors (Lipinski definition) is 2. The van der Waals surface area contributed by atoms with Gasteiger partial charge in [-0.15, -0.1) is 0 Å². The van der Waals surface area contributed by atoms with Crippen molar-refractivity contribution in [3.05, 3.63) is 0 Å². The second-order valence-corrected chi connectivity index (χ2v) is 3.09. The molecule has 2 nitrogen and oxygen atoms in total. The van der Waals surface area contributed by atoms with Crippen molar-refractivity contribution in [3.8, 4) is 6.07 Å². The fourth-order valence-electron chi connectivity index (χ4n) is 1.53. The van der Waals surface area contributed by atoms with Crippen LogP contribution >= 0.6 is 9.47 Å². The molecule has 1 aliphatic rings. The molecule has 0 aromatic heterocycles. The predicted molar refractivity (Wildman–Crippen MR) is 42.1 cm³/mol. The van der Waals surface area contributed by atoms with Crippen LogP contribution in [0.25, 0.3) is 0 Å². The van der Waals surface area contributed by atoms with E-state index in [0.717, 1.165) is 19.4 Å². The molecule has 0 bridgehead atoms. The van der Waals surface area contributed by atoms with E-state index in [2.05, 4.69) is 15.5 Å². The molecule has 0 radical (unpaired) electrons. The highest BCUT2D eigenvalue weighted by atomic mass is 31.0. The summed E-state index contributed by atoms with van der Waals surface area (Å²) in [6.07, 6.45) is 3.42. The highest BCUT2D eigenvalue weighted by Crippen LogP contribution is 2.31. The minimum Gasteiger partial charge on any atom is -0.365 e. The Morgan fingerprint density at radius 2 is 2.40 bits per heavy atom. The van der Waals surface area contributed by atoms with E-state index >= 15 is 0 Å². The standard InChI is InChI=1S/C7H12NOP/c8-4-6-2-1-3-7(6)5-9-10/h6-7H,1-3,5,10H2/t6-,7+/m1/s1. The van der Waals surface area contributed by atoms with E-state index in [0.29, 0.717) is 5.92 Å². The molecule has 3 atom stereocenters. The third kappa shape index (κ3) is 1.68. The number of hydrogen-bond donors (Lipinski definition) is 0. The molecule has 1 rings (SSSR count). The zero-order valence-electron chi connectivity index (χ0n) is 5.92. The molecule has 1 saturated carbocycles. The zero-order chi connectivity index (χ0) is 7.40. The highest BCUT2D eigenvalue weighted by Gasteiger charge is 2.26. The molecule has 10 heavy (non-hydrogen) atoms. The summed E-state index contributed by atoms with van der Waals surface area (Å²) in [5, 5.41) is 8.65. The molecular weight excluding hydrogens is 145 g/mol. The summed E-state index contributed by atoms with van der Waals surface area (Å²) in [6.45, 7) is 0.725. The quantitative estimate of drug-likeness (QED) is 0.572. The maximum Gasteiger partial charge on any atom is 0.0659 e. The van der Waals surface area contributed by atoms with Gasteiger partial charge in [0.05, 0.1) is 18.6 Å². The molecule has 3 heteroatoms. The number of nitrogens with zero attached hydrogens (tertiary/aromatic N) is 1. The van der Waals surface area contributed by atoms with Gasteiger partial charge in [-0.1, -0.05) is 6.42 Å². The largest absolute Gasteiger partial charge is 0.365 e. The molecule has 0 spiro atoms. The summed E-state index contributed by atoms with van der Waals surface area (Å²) in [5.74, 6) is 0.739. The first kappa shape index (κ1) is 7.98. The van der Waals surface area contributed by atoms with Gasteiger partial charge in [0, 0.05) is 9.47 Å². The molecule has 0 aromatic rings. The maximum absolute atomic E-state index is 8.65. The van der Waals surface area contributed by atoms with Gasteiger partial charge < -0.3 is 4.52 Å². The van der Waals surface area contributed by atoms with Gasteiger partial charge in [0.1, 0.15) is 0 Å². The van der Waals surface area contributed by atoms with Crippen LogP contribution in [0.15, 0.2) is 0 Å². The molecule has 0 heterocycles. The normalized spacial score (nSPS) is 32.0. The lowest BCUT2D eigenvalue weighted by molar-refractivity contribution is 0.266. The Labute approximate surface area is 63.8 Å². The summed E-state index contributed by atoms with van der Waals surface area (Å²) in [7, 11) is 2.24. The van der Waals surface area contributed by atoms with Crippen LogP contribution in [0.2, 0.25) is 0 Å². The molecule has 1 fully saturated rings. The first-order chi connectivity index (χ1) is 4.88. The van der Waals surface area contributed by atoms with Gasteiger partial charge in [-0.05, 0) is 18.8 Å². The first-order valence-corrected chi connectivity index (χ1v) is 4.07. The number of rotatable bonds is 2. The van der Waals surface area contributed by atoms with Crippen LogP contribution in [-0.2, 0) is 4.52 Å². The minimum atomic E-state index is 0.251. The van der Waals surface area contributed by atoms with Crippen molar-refractivity contribution in [3.63, 3.8) is 0 Å². The lowest BCUT2D eigenvalue weighted by Crippen LogP contribution is -2.10. The fraction of sp³-hybridized carbons (Fsp3) is 0.857. The van der Waals surface area contributed by atoms with Crippen molar-refractivity contribution in [1.82, 2.24) is 0 Å². The van der Waals surface area contributed by atoms with E-state index in [9.17, 15) is 0 Å². The molecule has 0 aromatic carbocycles. The van der Waals surface area contributed by atoms with Crippen LogP contribution in [0.4, 0.5) is 0 Å². The van der Waals surface area contributed by atoms with Crippen molar-refractivity contribution < 1.29 is 4.52 Å². The maximum atomic E-state index is 8.65. The average Bonchev–Trinajstić information content (AvgIpc) is 2.36. The Hall–Kier alpha value is -0.120. The third-order valence-electron chi connectivity index (χ3n) is 2.14. The first-order valence-electron chi connectivity index (χ1n) is 3.59. The van der Waals surface area contributed by atoms with Gasteiger partial charge in [0.2, 0.25) is 0 Å². The summed E-state index contributed by atoms with van der Waals surface area (Å²) < 4.78 is 4.92.